The van der Waals surface area contributed by atoms with Crippen molar-refractivity contribution in [3.63, 3.8) is 0 Å². The van der Waals surface area contributed by atoms with Gasteiger partial charge in [-0.15, -0.1) is 24.0 Å². The second kappa shape index (κ2) is 12.6. The van der Waals surface area contributed by atoms with Crippen molar-refractivity contribution in [2.24, 2.45) is 10.9 Å². The molecular weight excluding hydrogens is 475 g/mol. The molecule has 156 valence electrons. The average Bonchev–Trinajstić information content (AvgIpc) is 2.55. The van der Waals surface area contributed by atoms with E-state index in [0.717, 1.165) is 37.5 Å². The smallest absolute Gasteiger partial charge is 0.191 e. The van der Waals surface area contributed by atoms with Crippen LogP contribution in [0.5, 0.6) is 0 Å². The third-order valence-corrected chi connectivity index (χ3v) is 5.39. The van der Waals surface area contributed by atoms with Crippen LogP contribution in [0.3, 0.4) is 0 Å². The number of aliphatic imine (C=N–C) groups is 1. The van der Waals surface area contributed by atoms with Crippen molar-refractivity contribution in [3.8, 4) is 0 Å². The lowest BCUT2D eigenvalue weighted by Crippen LogP contribution is -2.45. The Morgan fingerprint density at radius 2 is 1.74 bits per heavy atom. The fourth-order valence-electron chi connectivity index (χ4n) is 2.68. The molecule has 0 spiro atoms. The monoisotopic (exact) mass is 510 g/mol. The molecule has 2 N–H and O–H groups in total. The molecule has 6 nitrogen and oxygen atoms in total. The Bertz CT molecular complexity index is 673. The predicted molar refractivity (Wildman–Crippen MR) is 125 cm³/mol. The fourth-order valence-corrected chi connectivity index (χ4v) is 3.32. The molecule has 0 saturated heterocycles. The van der Waals surface area contributed by atoms with E-state index >= 15 is 0 Å². The first-order valence-corrected chi connectivity index (χ1v) is 10.9. The Hall–Kier alpha value is -0.870. The molecule has 0 heterocycles. The Labute approximate surface area is 182 Å². The van der Waals surface area contributed by atoms with Crippen LogP contribution in [0.4, 0.5) is 0 Å². The number of halogens is 1. The molecule has 0 aliphatic rings. The van der Waals surface area contributed by atoms with Gasteiger partial charge in [-0.3, -0.25) is 4.99 Å². The number of nitrogens with one attached hydrogen (secondary N) is 2. The molecule has 1 rings (SSSR count). The van der Waals surface area contributed by atoms with Gasteiger partial charge in [0.15, 0.2) is 15.8 Å². The lowest BCUT2D eigenvalue weighted by Gasteiger charge is -2.27. The highest BCUT2D eigenvalue weighted by atomic mass is 127. The molecule has 0 fully saturated rings. The maximum absolute atomic E-state index is 11.5. The first kappa shape index (κ1) is 26.1. The van der Waals surface area contributed by atoms with Crippen LogP contribution in [0.2, 0.25) is 0 Å². The molecule has 1 atom stereocenters. The summed E-state index contributed by atoms with van der Waals surface area (Å²) in [6, 6.07) is 7.49. The van der Waals surface area contributed by atoms with Crippen molar-refractivity contribution in [3.05, 3.63) is 29.8 Å². The highest BCUT2D eigenvalue weighted by molar-refractivity contribution is 14.0. The summed E-state index contributed by atoms with van der Waals surface area (Å²) in [5.41, 5.74) is 1.09. The van der Waals surface area contributed by atoms with Crippen molar-refractivity contribution in [2.45, 2.75) is 37.6 Å². The van der Waals surface area contributed by atoms with Gasteiger partial charge >= 0.3 is 0 Å². The third-order valence-electron chi connectivity index (χ3n) is 4.26. The quantitative estimate of drug-likeness (QED) is 0.303. The van der Waals surface area contributed by atoms with Crippen LogP contribution in [0.15, 0.2) is 34.2 Å². The molecule has 1 aromatic rings. The van der Waals surface area contributed by atoms with E-state index < -0.39 is 9.84 Å². The van der Waals surface area contributed by atoms with Gasteiger partial charge in [-0.2, -0.15) is 0 Å². The van der Waals surface area contributed by atoms with E-state index in [1.54, 1.807) is 19.2 Å². The molecule has 0 amide bonds. The Morgan fingerprint density at radius 3 is 2.19 bits per heavy atom. The van der Waals surface area contributed by atoms with E-state index in [1.165, 1.54) is 6.26 Å². The summed E-state index contributed by atoms with van der Waals surface area (Å²) in [5, 5.41) is 6.70. The van der Waals surface area contributed by atoms with E-state index in [0.29, 0.717) is 16.9 Å². The molecule has 0 radical (unpaired) electrons. The molecule has 0 aromatic heterocycles. The zero-order chi connectivity index (χ0) is 19.7. The molecule has 1 aromatic carbocycles. The second-order valence-electron chi connectivity index (χ2n) is 7.29. The van der Waals surface area contributed by atoms with Gasteiger partial charge < -0.3 is 15.5 Å². The van der Waals surface area contributed by atoms with Crippen LogP contribution in [-0.4, -0.2) is 65.8 Å². The van der Waals surface area contributed by atoms with Crippen LogP contribution in [0.1, 0.15) is 25.8 Å². The van der Waals surface area contributed by atoms with Crippen molar-refractivity contribution < 1.29 is 8.42 Å². The summed E-state index contributed by atoms with van der Waals surface area (Å²) >= 11 is 0. The summed E-state index contributed by atoms with van der Waals surface area (Å²) in [5.74, 6) is 1.43. The number of hydrogen-bond donors (Lipinski definition) is 2. The number of nitrogens with zero attached hydrogens (tertiary/aromatic N) is 2. The normalized spacial score (nSPS) is 13.4. The van der Waals surface area contributed by atoms with Gasteiger partial charge in [-0.05, 0) is 50.6 Å². The van der Waals surface area contributed by atoms with E-state index in [1.807, 2.05) is 12.1 Å². The van der Waals surface area contributed by atoms with E-state index in [-0.39, 0.29) is 24.0 Å². The maximum atomic E-state index is 11.5. The first-order valence-electron chi connectivity index (χ1n) is 9.03. The highest BCUT2D eigenvalue weighted by Gasteiger charge is 2.13. The number of benzene rings is 1. The number of sulfone groups is 1. The maximum Gasteiger partial charge on any atom is 0.191 e. The highest BCUT2D eigenvalue weighted by Crippen LogP contribution is 2.10. The SMILES string of the molecule is CN=C(NCCc1ccc(S(C)(=O)=O)cc1)NCC(CC(C)C)N(C)C.I. The molecule has 8 heteroatoms. The summed E-state index contributed by atoms with van der Waals surface area (Å²) in [7, 11) is 2.83. The van der Waals surface area contributed by atoms with Crippen LogP contribution in [-0.2, 0) is 16.3 Å². The molecule has 0 saturated carbocycles. The number of hydrogen-bond acceptors (Lipinski definition) is 4. The van der Waals surface area contributed by atoms with Crippen molar-refractivity contribution in [2.75, 3.05) is 40.5 Å². The van der Waals surface area contributed by atoms with Crippen LogP contribution in [0, 0.1) is 5.92 Å². The topological polar surface area (TPSA) is 73.8 Å². The standard InChI is InChI=1S/C19H34N4O2S.HI/c1-15(2)13-17(23(4)5)14-22-19(20-3)21-12-11-16-7-9-18(10-8-16)26(6,24)25;/h7-10,15,17H,11-14H2,1-6H3,(H2,20,21,22);1H. The Balaban J connectivity index is 0.00000676. The van der Waals surface area contributed by atoms with Crippen LogP contribution < -0.4 is 10.6 Å². The Kier molecular flexibility index (Phi) is 12.2. The molecule has 1 unspecified atom stereocenters. The second-order valence-corrected chi connectivity index (χ2v) is 9.31. The zero-order valence-electron chi connectivity index (χ0n) is 17.3. The molecule has 0 aliphatic heterocycles. The van der Waals surface area contributed by atoms with E-state index in [2.05, 4.69) is 48.5 Å². The summed E-state index contributed by atoms with van der Waals surface area (Å²) in [4.78, 5) is 6.87. The van der Waals surface area contributed by atoms with Crippen molar-refractivity contribution in [1.82, 2.24) is 15.5 Å². The lowest BCUT2D eigenvalue weighted by molar-refractivity contribution is 0.254. The van der Waals surface area contributed by atoms with Gasteiger partial charge in [0.25, 0.3) is 0 Å². The number of likely N-dealkylation sites (N-methyl/N-ethyl adjacent to an activating group) is 1. The molecule has 0 bridgehead atoms. The average molecular weight is 510 g/mol. The van der Waals surface area contributed by atoms with Gasteiger partial charge in [0.05, 0.1) is 4.90 Å². The van der Waals surface area contributed by atoms with Gasteiger partial charge in [0, 0.05) is 32.4 Å². The Morgan fingerprint density at radius 1 is 1.15 bits per heavy atom. The predicted octanol–water partition coefficient (Wildman–Crippen LogP) is 2.39. The minimum absolute atomic E-state index is 0. The summed E-state index contributed by atoms with van der Waals surface area (Å²) in [6.45, 7) is 6.04. The van der Waals surface area contributed by atoms with Gasteiger partial charge in [0.2, 0.25) is 0 Å². The lowest BCUT2D eigenvalue weighted by atomic mass is 10.0. The molecule has 27 heavy (non-hydrogen) atoms. The minimum atomic E-state index is -3.14. The molecule has 0 aliphatic carbocycles. The third kappa shape index (κ3) is 10.3. The fraction of sp³-hybridized carbons (Fsp3) is 0.632. The van der Waals surface area contributed by atoms with Gasteiger partial charge in [-0.25, -0.2) is 8.42 Å². The van der Waals surface area contributed by atoms with Crippen molar-refractivity contribution >= 4 is 39.8 Å². The molecular formula is C19H35IN4O2S. The van der Waals surface area contributed by atoms with E-state index in [9.17, 15) is 8.42 Å². The zero-order valence-corrected chi connectivity index (χ0v) is 20.5. The van der Waals surface area contributed by atoms with Crippen LogP contribution >= 0.6 is 24.0 Å². The largest absolute Gasteiger partial charge is 0.356 e. The van der Waals surface area contributed by atoms with E-state index in [4.69, 9.17) is 0 Å². The van der Waals surface area contributed by atoms with Gasteiger partial charge in [-0.1, -0.05) is 26.0 Å². The van der Waals surface area contributed by atoms with Gasteiger partial charge in [0.1, 0.15) is 0 Å². The number of guanidine groups is 1. The first-order chi connectivity index (χ1) is 12.1. The summed E-state index contributed by atoms with van der Waals surface area (Å²) in [6.07, 6.45) is 3.15. The minimum Gasteiger partial charge on any atom is -0.356 e. The van der Waals surface area contributed by atoms with Crippen LogP contribution in [0.25, 0.3) is 0 Å². The number of rotatable bonds is 9. The van der Waals surface area contributed by atoms with Crippen molar-refractivity contribution in [1.29, 1.82) is 0 Å². The summed E-state index contributed by atoms with van der Waals surface area (Å²) < 4.78 is 23.0.